The Labute approximate surface area is 754 Å². The highest BCUT2D eigenvalue weighted by molar-refractivity contribution is 5.99. The lowest BCUT2D eigenvalue weighted by molar-refractivity contribution is -0.352. The lowest BCUT2D eigenvalue weighted by atomic mass is 9.94. The molecule has 0 bridgehead atoms. The number of nitrogens with zero attached hydrogens (tertiary/aromatic N) is 2. The van der Waals surface area contributed by atoms with Gasteiger partial charge in [-0.05, 0) is 73.1 Å². The number of likely N-dealkylation sites (tertiary alicyclic amines) is 2. The van der Waals surface area contributed by atoms with Crippen LogP contribution in [0.25, 0.3) is 0 Å². The maximum Gasteiger partial charge on any atom is 0.322 e. The van der Waals surface area contributed by atoms with Crippen molar-refractivity contribution in [1.82, 2.24) is 63.0 Å². The van der Waals surface area contributed by atoms with E-state index in [0.717, 1.165) is 72.1 Å². The van der Waals surface area contributed by atoms with E-state index in [1.54, 1.807) is 0 Å². The van der Waals surface area contributed by atoms with Gasteiger partial charge in [0.05, 0.1) is 69.7 Å². The highest BCUT2D eigenvalue weighted by atomic mass is 16.8. The summed E-state index contributed by atoms with van der Waals surface area (Å²) in [5, 5.41) is 228. The summed E-state index contributed by atoms with van der Waals surface area (Å²) >= 11 is 0. The van der Waals surface area contributed by atoms with Gasteiger partial charge < -0.3 is 213 Å². The van der Waals surface area contributed by atoms with E-state index in [0.29, 0.717) is 0 Å². The molecule has 7 saturated heterocycles. The van der Waals surface area contributed by atoms with Crippen LogP contribution in [0.4, 0.5) is 0 Å². The second-order valence-corrected chi connectivity index (χ2v) is 33.9. The topological polar surface area (TPSA) is 851 Å². The number of aliphatic hydroxyl groups is 18. The Kier molecular flexibility index (Phi) is 41.7. The van der Waals surface area contributed by atoms with Crippen molar-refractivity contribution in [2.24, 2.45) is 11.7 Å². The first-order valence-electron chi connectivity index (χ1n) is 42.8. The molecule has 0 aromatic rings. The molecule has 0 spiro atoms. The zero-order chi connectivity index (χ0) is 99.0. The highest BCUT2D eigenvalue weighted by Gasteiger charge is 2.58. The minimum atomic E-state index is -2.31. The van der Waals surface area contributed by atoms with E-state index in [4.69, 9.17) is 53.1 Å². The van der Waals surface area contributed by atoms with Gasteiger partial charge in [-0.15, -0.1) is 0 Å². The van der Waals surface area contributed by atoms with Gasteiger partial charge in [0, 0.05) is 33.9 Å². The SMILES string of the molecule is CC(=O)N[C@H]1[C@H](OC[C@H]2O[C@H](O[C@H](C)[C@H](NC(=O)[C@@H](NC(=O)[C@@H](N)[C@@H](C)O)[C@@H](C)O)C(=O)N[C@H](C(=O)N[C@@H](C(=O)N3CCC[C@H]3C(=O)N[C@H](C(=O)N3CCC[C@H]3C(=O)N[C@H](C(=O)NCC(=O)O)[C@@H](C)O)[C@@H](C)O[C@H]3O[C@H](CO)[C@H](O)[C@H](O[C@@H]4O[C@H](CO)[C@H](O)[C@H](O)[C@H]4O)[C@H]3NC(C)=O)[C@@H](C)O)C(C)C)[C@H](NC(C)=O)[C@@H](O[C@@H]3O[C@H](CO)[C@H](O)[C@H](O)[C@H]3O)[C@H]2O)O[C@H](CO)[C@@H](O)[C@@H]1O. The van der Waals surface area contributed by atoms with E-state index < -0.39 is 367 Å². The van der Waals surface area contributed by atoms with Gasteiger partial charge in [-0.25, -0.2) is 0 Å². The molecule has 31 N–H and O–H groups in total. The number of nitrogens with one attached hydrogen (secondary N) is 10. The molecular weight excluding hydrogens is 1780 g/mol. The predicted molar refractivity (Wildman–Crippen MR) is 433 cm³/mol. The average Bonchev–Trinajstić information content (AvgIpc) is 1.01. The molecule has 55 heteroatoms. The second-order valence-electron chi connectivity index (χ2n) is 33.9. The van der Waals surface area contributed by atoms with Crippen LogP contribution in [0.5, 0.6) is 0 Å². The molecule has 7 fully saturated rings. The number of carbonyl (C=O) groups is 13. The summed E-state index contributed by atoms with van der Waals surface area (Å²) in [4.78, 5) is 184. The fourth-order valence-electron chi connectivity index (χ4n) is 15.9. The summed E-state index contributed by atoms with van der Waals surface area (Å²) in [6.07, 6.45) is -54.7. The number of ether oxygens (including phenoxy) is 10. The highest BCUT2D eigenvalue weighted by Crippen LogP contribution is 2.36. The predicted octanol–water partition coefficient (Wildman–Crippen LogP) is -18.1. The van der Waals surface area contributed by atoms with Crippen LogP contribution in [0, 0.1) is 5.92 Å². The molecule has 7 aliphatic heterocycles. The van der Waals surface area contributed by atoms with Crippen LogP contribution >= 0.6 is 0 Å². The van der Waals surface area contributed by atoms with Crippen molar-refractivity contribution in [1.29, 1.82) is 0 Å². The standard InChI is InChI=1S/C77H129N13O42/c1-24(2)43(83-70(120)47(87-69(119)45(27(5)97)85-66(116)42(78)25(3)95)29(7)124-75-51(82-33(11)101)63(132-77-61(113)59(111)54(106)38(21-93)129-77)56(108)40(130-75)23-123-73-49(80-31(9)99)57(109)52(104)36(19-91)126-73)68(118)86-46(28(6)98)71(121)89-16-12-15-35(89)65(115)88-48(72(122)90-17-13-14-34(90)64(114)84-44(26(4)96)67(117)79-18-41(102)103)30(8)125-74-50(81-32(10)100)62(55(107)39(22-94)127-74)131-76-60(112)58(110)53(105)37(20-92)128-76/h24-30,34-40,42-63,73-77,91-98,104-113H,12-23,78H2,1-11H3,(H,79,117)(H,80,99)(H,81,100)(H,82,101)(H,83,120)(H,84,114)(H,85,116)(H,86,118)(H,87,119)(H,88,115)(H,102,103)/t25-,26-,27-,28-,29-,30-,34+,35+,36-,37-,38-,39-,40-,42+,43+,44+,45+,46-,47+,48+,49-,50-,51-,52-,53+,54+,55+,56+,57-,58+,59+,60-,61-,62-,63-,73-,74+,75+,76+,77+/m1/s1. The van der Waals surface area contributed by atoms with Crippen molar-refractivity contribution in [3.05, 3.63) is 0 Å². The van der Waals surface area contributed by atoms with Gasteiger partial charge in [-0.3, -0.25) is 62.3 Å². The van der Waals surface area contributed by atoms with Crippen molar-refractivity contribution in [2.45, 2.75) is 346 Å². The van der Waals surface area contributed by atoms with Crippen LogP contribution in [-0.4, -0.2) is 481 Å². The van der Waals surface area contributed by atoms with Crippen molar-refractivity contribution in [3.63, 3.8) is 0 Å². The molecule has 7 heterocycles. The molecule has 0 aromatic heterocycles. The first-order chi connectivity index (χ1) is 61.9. The normalized spacial score (nSPS) is 34.4. The number of amides is 12. The Morgan fingerprint density at radius 1 is 0.386 bits per heavy atom. The molecule has 0 aromatic carbocycles. The number of nitrogens with two attached hydrogens (primary N) is 1. The molecule has 754 valence electrons. The molecule has 7 aliphatic rings. The van der Waals surface area contributed by atoms with Gasteiger partial charge in [0.2, 0.25) is 70.9 Å². The molecule has 0 radical (unpaired) electrons. The van der Waals surface area contributed by atoms with E-state index in [1.165, 1.54) is 13.8 Å². The van der Waals surface area contributed by atoms with Gasteiger partial charge >= 0.3 is 5.97 Å². The maximum atomic E-state index is 15.5. The number of rotatable bonds is 42. The summed E-state index contributed by atoms with van der Waals surface area (Å²) in [6.45, 7) is 5.45. The smallest absolute Gasteiger partial charge is 0.322 e. The summed E-state index contributed by atoms with van der Waals surface area (Å²) < 4.78 is 59.8. The summed E-state index contributed by atoms with van der Waals surface area (Å²) in [5.41, 5.74) is 5.88. The minimum absolute atomic E-state index is 0.0318. The van der Waals surface area contributed by atoms with E-state index in [2.05, 4.69) is 47.9 Å². The van der Waals surface area contributed by atoms with Gasteiger partial charge in [0.15, 0.2) is 31.5 Å². The first-order valence-corrected chi connectivity index (χ1v) is 42.8. The van der Waals surface area contributed by atoms with Crippen LogP contribution < -0.4 is 58.9 Å². The molecule has 0 saturated carbocycles. The number of carboxylic acid groups (broad SMARTS) is 1. The van der Waals surface area contributed by atoms with Gasteiger partial charge in [-0.2, -0.15) is 0 Å². The Bertz CT molecular complexity index is 3880. The van der Waals surface area contributed by atoms with Gasteiger partial charge in [0.25, 0.3) is 0 Å². The number of carbonyl (C=O) groups excluding carboxylic acids is 12. The van der Waals surface area contributed by atoms with Gasteiger partial charge in [0.1, 0.15) is 183 Å². The van der Waals surface area contributed by atoms with Crippen molar-refractivity contribution in [2.75, 3.05) is 52.7 Å². The lowest BCUT2D eigenvalue weighted by Crippen LogP contribution is -2.69. The monoisotopic (exact) mass is 1910 g/mol. The van der Waals surface area contributed by atoms with Crippen molar-refractivity contribution >= 4 is 76.9 Å². The minimum Gasteiger partial charge on any atom is -0.480 e. The Morgan fingerprint density at radius 2 is 0.735 bits per heavy atom. The molecule has 0 unspecified atom stereocenters. The lowest BCUT2D eigenvalue weighted by Gasteiger charge is -2.48. The van der Waals surface area contributed by atoms with Crippen LogP contribution in [0.15, 0.2) is 0 Å². The van der Waals surface area contributed by atoms with E-state index in [9.17, 15) is 135 Å². The fourth-order valence-corrected chi connectivity index (χ4v) is 15.9. The molecule has 40 atom stereocenters. The van der Waals surface area contributed by atoms with Crippen molar-refractivity contribution in [3.8, 4) is 0 Å². The Hall–Kier alpha value is -8.05. The largest absolute Gasteiger partial charge is 0.480 e. The third-order valence-corrected chi connectivity index (χ3v) is 23.3. The Morgan fingerprint density at radius 3 is 1.16 bits per heavy atom. The van der Waals surface area contributed by atoms with E-state index >= 15 is 24.0 Å². The van der Waals surface area contributed by atoms with Crippen LogP contribution in [-0.2, 0) is 110 Å². The molecule has 0 aliphatic carbocycles. The fraction of sp³-hybridized carbons (Fsp3) is 0.831. The third kappa shape index (κ3) is 27.7. The van der Waals surface area contributed by atoms with Crippen molar-refractivity contribution < 1.29 is 207 Å². The third-order valence-electron chi connectivity index (χ3n) is 23.3. The molecule has 132 heavy (non-hydrogen) atoms. The number of hydrogen-bond donors (Lipinski definition) is 30. The van der Waals surface area contributed by atoms with Crippen LogP contribution in [0.1, 0.15) is 102 Å². The zero-order valence-electron chi connectivity index (χ0n) is 74.0. The maximum absolute atomic E-state index is 15.5. The summed E-state index contributed by atoms with van der Waals surface area (Å²) in [7, 11) is 0. The van der Waals surface area contributed by atoms with Crippen LogP contribution in [0.3, 0.4) is 0 Å². The second kappa shape index (κ2) is 49.6. The first kappa shape index (κ1) is 111. The molecule has 12 amide bonds. The Balaban J connectivity index is 1.24. The average molecular weight is 1910 g/mol. The quantitative estimate of drug-likeness (QED) is 0.0270. The number of aliphatic carboxylic acids is 1. The van der Waals surface area contributed by atoms with E-state index in [-0.39, 0.29) is 38.8 Å². The summed E-state index contributed by atoms with van der Waals surface area (Å²) in [6, 6.07) is -22.8. The molecular formula is C77H129N13O42. The number of hydrogen-bond acceptors (Lipinski definition) is 42. The summed E-state index contributed by atoms with van der Waals surface area (Å²) in [5.74, 6) is -16.6. The molecule has 55 nitrogen and oxygen atoms in total. The van der Waals surface area contributed by atoms with E-state index in [1.807, 2.05) is 5.32 Å². The van der Waals surface area contributed by atoms with Crippen LogP contribution in [0.2, 0.25) is 0 Å². The van der Waals surface area contributed by atoms with Gasteiger partial charge in [-0.1, -0.05) is 13.8 Å². The zero-order valence-corrected chi connectivity index (χ0v) is 74.0. The number of aliphatic hydroxyl groups excluding tert-OH is 18. The number of carboxylic acids is 1. The molecule has 7 rings (SSSR count).